The van der Waals surface area contributed by atoms with Gasteiger partial charge in [-0.1, -0.05) is 0 Å². The zero-order chi connectivity index (χ0) is 15.7. The zero-order valence-electron chi connectivity index (χ0n) is 12.7. The lowest BCUT2D eigenvalue weighted by Crippen LogP contribution is -2.38. The van der Waals surface area contributed by atoms with Crippen LogP contribution in [0.5, 0.6) is 5.75 Å². The molecule has 1 aromatic heterocycles. The van der Waals surface area contributed by atoms with E-state index in [4.69, 9.17) is 4.74 Å². The number of hydrogen-bond donors (Lipinski definition) is 1. The number of hydrogen-bond acceptors (Lipinski definition) is 5. The van der Waals surface area contributed by atoms with Gasteiger partial charge in [0.15, 0.2) is 9.84 Å². The van der Waals surface area contributed by atoms with E-state index in [2.05, 4.69) is 10.3 Å². The quantitative estimate of drug-likeness (QED) is 0.919. The van der Waals surface area contributed by atoms with E-state index in [1.54, 1.807) is 27.2 Å². The Morgan fingerprint density at radius 2 is 2.00 bits per heavy atom. The number of sulfone groups is 1. The topological polar surface area (TPSA) is 68.3 Å². The molecule has 0 aliphatic carbocycles. The second-order valence-corrected chi connectivity index (χ2v) is 8.28. The van der Waals surface area contributed by atoms with Crippen LogP contribution in [0.15, 0.2) is 30.5 Å². The molecule has 0 saturated heterocycles. The van der Waals surface area contributed by atoms with E-state index in [0.717, 1.165) is 16.5 Å². The minimum Gasteiger partial charge on any atom is -0.497 e. The molecular weight excluding hydrogens is 288 g/mol. The van der Waals surface area contributed by atoms with E-state index in [1.165, 1.54) is 6.26 Å². The summed E-state index contributed by atoms with van der Waals surface area (Å²) in [5.41, 5.74) is 0. The summed E-state index contributed by atoms with van der Waals surface area (Å²) in [5.74, 6) is 1.45. The van der Waals surface area contributed by atoms with E-state index in [0.29, 0.717) is 12.4 Å². The second kappa shape index (κ2) is 5.52. The molecule has 1 N–H and O–H groups in total. The maximum atomic E-state index is 11.7. The summed E-state index contributed by atoms with van der Waals surface area (Å²) in [6.45, 7) is 3.69. The van der Waals surface area contributed by atoms with Gasteiger partial charge in [-0.3, -0.25) is 0 Å². The average Bonchev–Trinajstić information content (AvgIpc) is 2.43. The van der Waals surface area contributed by atoms with Gasteiger partial charge in [0, 0.05) is 24.4 Å². The molecule has 0 saturated carbocycles. The molecule has 1 heterocycles. The molecule has 2 aromatic rings. The Labute approximate surface area is 125 Å². The maximum absolute atomic E-state index is 11.7. The molecule has 0 aliphatic heterocycles. The smallest absolute Gasteiger partial charge is 0.154 e. The van der Waals surface area contributed by atoms with Gasteiger partial charge in [-0.2, -0.15) is 0 Å². The van der Waals surface area contributed by atoms with Gasteiger partial charge < -0.3 is 10.1 Å². The van der Waals surface area contributed by atoms with Crippen molar-refractivity contribution >= 4 is 26.4 Å². The third kappa shape index (κ3) is 3.26. The van der Waals surface area contributed by atoms with Crippen LogP contribution < -0.4 is 10.1 Å². The largest absolute Gasteiger partial charge is 0.497 e. The lowest BCUT2D eigenvalue weighted by Gasteiger charge is -2.23. The molecule has 6 heteroatoms. The van der Waals surface area contributed by atoms with Crippen molar-refractivity contribution in [3.05, 3.63) is 30.5 Å². The summed E-state index contributed by atoms with van der Waals surface area (Å²) < 4.78 is 27.8. The summed E-state index contributed by atoms with van der Waals surface area (Å²) in [7, 11) is -1.53. The lowest BCUT2D eigenvalue weighted by atomic mass is 10.1. The molecule has 5 nitrogen and oxygen atoms in total. The number of anilines is 1. The minimum absolute atomic E-state index is 0.296. The van der Waals surface area contributed by atoms with E-state index in [-0.39, 0.29) is 0 Å². The highest BCUT2D eigenvalue weighted by Gasteiger charge is 2.30. The zero-order valence-corrected chi connectivity index (χ0v) is 13.5. The van der Waals surface area contributed by atoms with Crippen LogP contribution in [0.1, 0.15) is 13.8 Å². The van der Waals surface area contributed by atoms with Crippen molar-refractivity contribution < 1.29 is 13.2 Å². The first-order chi connectivity index (χ1) is 9.74. The highest BCUT2D eigenvalue weighted by molar-refractivity contribution is 7.92. The second-order valence-electron chi connectivity index (χ2n) is 5.63. The normalized spacial score (nSPS) is 12.4. The molecule has 0 fully saturated rings. The lowest BCUT2D eigenvalue weighted by molar-refractivity contribution is 0.415. The van der Waals surface area contributed by atoms with E-state index in [1.807, 2.05) is 24.3 Å². The summed E-state index contributed by atoms with van der Waals surface area (Å²) in [5, 5.41) is 5.06. The minimum atomic E-state index is -3.15. The summed E-state index contributed by atoms with van der Waals surface area (Å²) in [6.07, 6.45) is 2.94. The number of fused-ring (bicyclic) bond motifs is 1. The average molecular weight is 308 g/mol. The van der Waals surface area contributed by atoms with Crippen LogP contribution in [0.2, 0.25) is 0 Å². The van der Waals surface area contributed by atoms with E-state index in [9.17, 15) is 8.42 Å². The molecule has 1 aromatic carbocycles. The van der Waals surface area contributed by atoms with E-state index < -0.39 is 14.6 Å². The van der Waals surface area contributed by atoms with Gasteiger partial charge in [0.2, 0.25) is 0 Å². The number of benzene rings is 1. The highest BCUT2D eigenvalue weighted by atomic mass is 32.2. The van der Waals surface area contributed by atoms with Gasteiger partial charge in [-0.15, -0.1) is 0 Å². The van der Waals surface area contributed by atoms with Crippen molar-refractivity contribution in [2.45, 2.75) is 18.6 Å². The number of ether oxygens (including phenoxy) is 1. The Balaban J connectivity index is 2.31. The summed E-state index contributed by atoms with van der Waals surface area (Å²) >= 11 is 0. The first kappa shape index (κ1) is 15.6. The van der Waals surface area contributed by atoms with Gasteiger partial charge >= 0.3 is 0 Å². The standard InChI is InChI=1S/C15H20N2O3S/c1-15(2,21(4,18)19)10-17-14-13-6-5-12(20-3)9-11(13)7-8-16-14/h5-9H,10H2,1-4H3,(H,16,17). The van der Waals surface area contributed by atoms with Crippen LogP contribution in [0, 0.1) is 0 Å². The third-order valence-corrected chi connectivity index (χ3v) is 5.81. The van der Waals surface area contributed by atoms with Crippen molar-refractivity contribution in [3.63, 3.8) is 0 Å². The highest BCUT2D eigenvalue weighted by Crippen LogP contribution is 2.26. The predicted octanol–water partition coefficient (Wildman–Crippen LogP) is 2.48. The van der Waals surface area contributed by atoms with Gasteiger partial charge in [-0.05, 0) is 43.5 Å². The molecule has 0 spiro atoms. The van der Waals surface area contributed by atoms with Crippen LogP contribution in [-0.4, -0.2) is 38.1 Å². The van der Waals surface area contributed by atoms with Crippen LogP contribution in [0.3, 0.4) is 0 Å². The van der Waals surface area contributed by atoms with E-state index >= 15 is 0 Å². The molecule has 0 bridgehead atoms. The molecule has 2 rings (SSSR count). The first-order valence-corrected chi connectivity index (χ1v) is 8.50. The number of nitrogens with one attached hydrogen (secondary N) is 1. The first-order valence-electron chi connectivity index (χ1n) is 6.61. The molecule has 0 amide bonds. The van der Waals surface area contributed by atoms with Crippen LogP contribution >= 0.6 is 0 Å². The predicted molar refractivity (Wildman–Crippen MR) is 85.7 cm³/mol. The van der Waals surface area contributed by atoms with Crippen molar-refractivity contribution in [1.29, 1.82) is 0 Å². The van der Waals surface area contributed by atoms with Gasteiger partial charge in [0.05, 0.1) is 11.9 Å². The molecule has 0 radical (unpaired) electrons. The number of aromatic nitrogens is 1. The Kier molecular flexibility index (Phi) is 4.09. The van der Waals surface area contributed by atoms with Crippen molar-refractivity contribution in [2.75, 3.05) is 25.2 Å². The molecule has 21 heavy (non-hydrogen) atoms. The Hall–Kier alpha value is -1.82. The Morgan fingerprint density at radius 3 is 2.62 bits per heavy atom. The number of pyridine rings is 1. The van der Waals surface area contributed by atoms with Crippen LogP contribution in [0.4, 0.5) is 5.82 Å². The van der Waals surface area contributed by atoms with Gasteiger partial charge in [0.25, 0.3) is 0 Å². The molecule has 0 atom stereocenters. The van der Waals surface area contributed by atoms with Gasteiger partial charge in [0.1, 0.15) is 11.6 Å². The monoisotopic (exact) mass is 308 g/mol. The Bertz CT molecular complexity index is 755. The molecule has 0 unspecified atom stereocenters. The third-order valence-electron chi connectivity index (χ3n) is 3.66. The fourth-order valence-corrected chi connectivity index (χ4v) is 2.19. The SMILES string of the molecule is COc1ccc2c(NCC(C)(C)S(C)(=O)=O)nccc2c1. The fourth-order valence-electron chi connectivity index (χ4n) is 1.85. The number of nitrogens with zero attached hydrogens (tertiary/aromatic N) is 1. The van der Waals surface area contributed by atoms with Crippen molar-refractivity contribution in [3.8, 4) is 5.75 Å². The van der Waals surface area contributed by atoms with Crippen LogP contribution in [-0.2, 0) is 9.84 Å². The summed E-state index contributed by atoms with van der Waals surface area (Å²) in [4.78, 5) is 4.30. The maximum Gasteiger partial charge on any atom is 0.154 e. The molecular formula is C15H20N2O3S. The molecule has 0 aliphatic rings. The number of methoxy groups -OCH3 is 1. The summed E-state index contributed by atoms with van der Waals surface area (Å²) in [6, 6.07) is 7.59. The van der Waals surface area contributed by atoms with Gasteiger partial charge in [-0.25, -0.2) is 13.4 Å². The Morgan fingerprint density at radius 1 is 1.29 bits per heavy atom. The molecule has 114 valence electrons. The van der Waals surface area contributed by atoms with Crippen molar-refractivity contribution in [1.82, 2.24) is 4.98 Å². The van der Waals surface area contributed by atoms with Crippen molar-refractivity contribution in [2.24, 2.45) is 0 Å². The fraction of sp³-hybridized carbons (Fsp3) is 0.400. The van der Waals surface area contributed by atoms with Crippen LogP contribution in [0.25, 0.3) is 10.8 Å². The number of rotatable bonds is 5.